The summed E-state index contributed by atoms with van der Waals surface area (Å²) in [5, 5.41) is 7.38. The van der Waals surface area contributed by atoms with Crippen LogP contribution < -0.4 is 10.6 Å². The van der Waals surface area contributed by atoms with Crippen LogP contribution in [0.5, 0.6) is 0 Å². The zero-order chi connectivity index (χ0) is 19.2. The van der Waals surface area contributed by atoms with Crippen molar-refractivity contribution >= 4 is 41.3 Å². The third-order valence-corrected chi connectivity index (χ3v) is 4.94. The first-order chi connectivity index (χ1) is 12.3. The first-order valence-electron chi connectivity index (χ1n) is 8.39. The quantitative estimate of drug-likeness (QED) is 0.339. The van der Waals surface area contributed by atoms with Gasteiger partial charge in [-0.05, 0) is 31.0 Å². The predicted molar refractivity (Wildman–Crippen MR) is 115 cm³/mol. The summed E-state index contributed by atoms with van der Waals surface area (Å²) >= 11 is 1.71. The lowest BCUT2D eigenvalue weighted by Crippen LogP contribution is -2.37. The summed E-state index contributed by atoms with van der Waals surface area (Å²) < 4.78 is 37.7. The summed E-state index contributed by atoms with van der Waals surface area (Å²) in [6.45, 7) is 5.26. The molecule has 0 atom stereocenters. The lowest BCUT2D eigenvalue weighted by Gasteiger charge is -2.12. The molecule has 1 heterocycles. The molecule has 0 bridgehead atoms. The van der Waals surface area contributed by atoms with Gasteiger partial charge in [0.05, 0.1) is 16.3 Å². The Bertz CT molecular complexity index is 742. The number of hydrogen-bond donors (Lipinski definition) is 2. The molecule has 0 spiro atoms. The minimum absolute atomic E-state index is 0. The van der Waals surface area contributed by atoms with E-state index < -0.39 is 11.7 Å². The fraction of sp³-hybridized carbons (Fsp3) is 0.444. The standard InChI is InChI=1S/C18H23F3N4S.HI/c1-4-15-12(2)26-16(25-15)9-10-23-17(22-3)24-11-13-5-7-14(8-6-13)18(19,20)21;/h5-8H,4,9-11H2,1-3H3,(H2,22,23,24);1H. The van der Waals surface area contributed by atoms with E-state index in [2.05, 4.69) is 34.5 Å². The van der Waals surface area contributed by atoms with E-state index in [1.54, 1.807) is 18.4 Å². The number of guanidine groups is 1. The molecule has 0 fully saturated rings. The van der Waals surface area contributed by atoms with Crippen LogP contribution in [0.15, 0.2) is 29.3 Å². The molecule has 0 radical (unpaired) electrons. The molecule has 1 aromatic heterocycles. The van der Waals surface area contributed by atoms with Gasteiger partial charge in [0.15, 0.2) is 5.96 Å². The Morgan fingerprint density at radius 1 is 1.19 bits per heavy atom. The highest BCUT2D eigenvalue weighted by molar-refractivity contribution is 14.0. The Morgan fingerprint density at radius 2 is 1.85 bits per heavy atom. The minimum atomic E-state index is -4.31. The molecule has 0 aliphatic carbocycles. The lowest BCUT2D eigenvalue weighted by atomic mass is 10.1. The molecule has 27 heavy (non-hydrogen) atoms. The van der Waals surface area contributed by atoms with Crippen LogP contribution in [-0.2, 0) is 25.6 Å². The van der Waals surface area contributed by atoms with Gasteiger partial charge >= 0.3 is 6.18 Å². The monoisotopic (exact) mass is 512 g/mol. The van der Waals surface area contributed by atoms with Crippen LogP contribution in [0.1, 0.15) is 33.6 Å². The molecule has 0 amide bonds. The van der Waals surface area contributed by atoms with E-state index in [0.29, 0.717) is 19.0 Å². The maximum absolute atomic E-state index is 12.6. The van der Waals surface area contributed by atoms with Crippen molar-refractivity contribution < 1.29 is 13.2 Å². The van der Waals surface area contributed by atoms with Crippen LogP contribution in [0.25, 0.3) is 0 Å². The number of aryl methyl sites for hydroxylation is 2. The SMILES string of the molecule is CCc1nc(CCNC(=NC)NCc2ccc(C(F)(F)F)cc2)sc1C.I. The van der Waals surface area contributed by atoms with Gasteiger partial charge in [-0.1, -0.05) is 19.1 Å². The summed E-state index contributed by atoms with van der Waals surface area (Å²) in [5.74, 6) is 0.605. The largest absolute Gasteiger partial charge is 0.416 e. The zero-order valence-electron chi connectivity index (χ0n) is 15.5. The van der Waals surface area contributed by atoms with Crippen molar-refractivity contribution in [1.29, 1.82) is 0 Å². The Hall–Kier alpha value is -1.36. The smallest absolute Gasteiger partial charge is 0.356 e. The van der Waals surface area contributed by atoms with Gasteiger partial charge in [0, 0.05) is 31.4 Å². The Morgan fingerprint density at radius 3 is 2.37 bits per heavy atom. The maximum Gasteiger partial charge on any atom is 0.416 e. The van der Waals surface area contributed by atoms with Crippen molar-refractivity contribution in [2.24, 2.45) is 4.99 Å². The van der Waals surface area contributed by atoms with Gasteiger partial charge < -0.3 is 10.6 Å². The van der Waals surface area contributed by atoms with E-state index in [9.17, 15) is 13.2 Å². The lowest BCUT2D eigenvalue weighted by molar-refractivity contribution is -0.137. The highest BCUT2D eigenvalue weighted by Crippen LogP contribution is 2.29. The van der Waals surface area contributed by atoms with Crippen molar-refractivity contribution in [3.63, 3.8) is 0 Å². The fourth-order valence-corrected chi connectivity index (χ4v) is 3.45. The number of nitrogens with one attached hydrogen (secondary N) is 2. The summed E-state index contributed by atoms with van der Waals surface area (Å²) in [7, 11) is 1.66. The van der Waals surface area contributed by atoms with Gasteiger partial charge in [-0.2, -0.15) is 13.2 Å². The second kappa shape index (κ2) is 10.8. The molecular formula is C18H24F3IN4S. The summed E-state index contributed by atoms with van der Waals surface area (Å²) in [4.78, 5) is 9.98. The molecule has 0 saturated heterocycles. The number of thiazole rings is 1. The molecule has 9 heteroatoms. The van der Waals surface area contributed by atoms with Crippen LogP contribution in [0.2, 0.25) is 0 Å². The first kappa shape index (κ1) is 23.7. The maximum atomic E-state index is 12.6. The topological polar surface area (TPSA) is 49.3 Å². The van der Waals surface area contributed by atoms with Crippen LogP contribution >= 0.6 is 35.3 Å². The Balaban J connectivity index is 0.00000364. The number of halogens is 4. The van der Waals surface area contributed by atoms with Gasteiger partial charge in [-0.25, -0.2) is 4.98 Å². The Kier molecular flexibility index (Phi) is 9.51. The number of alkyl halides is 3. The minimum Gasteiger partial charge on any atom is -0.356 e. The van der Waals surface area contributed by atoms with Crippen molar-refractivity contribution in [2.45, 2.75) is 39.4 Å². The average Bonchev–Trinajstić information content (AvgIpc) is 2.97. The Labute approximate surface area is 178 Å². The van der Waals surface area contributed by atoms with E-state index in [1.165, 1.54) is 17.0 Å². The summed E-state index contributed by atoms with van der Waals surface area (Å²) in [5.41, 5.74) is 1.26. The molecule has 1 aromatic carbocycles. The van der Waals surface area contributed by atoms with E-state index in [-0.39, 0.29) is 24.0 Å². The molecule has 2 aromatic rings. The van der Waals surface area contributed by atoms with E-state index in [4.69, 9.17) is 0 Å². The van der Waals surface area contributed by atoms with Gasteiger partial charge in [0.1, 0.15) is 0 Å². The molecule has 0 aliphatic heterocycles. The molecule has 150 valence electrons. The zero-order valence-corrected chi connectivity index (χ0v) is 18.6. The highest BCUT2D eigenvalue weighted by atomic mass is 127. The van der Waals surface area contributed by atoms with Crippen LogP contribution in [0.4, 0.5) is 13.2 Å². The second-order valence-electron chi connectivity index (χ2n) is 5.76. The highest BCUT2D eigenvalue weighted by Gasteiger charge is 2.29. The molecule has 2 rings (SSSR count). The van der Waals surface area contributed by atoms with Crippen LogP contribution in [0, 0.1) is 6.92 Å². The van der Waals surface area contributed by atoms with Crippen LogP contribution in [-0.4, -0.2) is 24.5 Å². The molecular weight excluding hydrogens is 488 g/mol. The molecule has 0 unspecified atom stereocenters. The van der Waals surface area contributed by atoms with E-state index >= 15 is 0 Å². The van der Waals surface area contributed by atoms with Crippen molar-refractivity contribution in [3.05, 3.63) is 51.0 Å². The van der Waals surface area contributed by atoms with E-state index in [1.807, 2.05) is 0 Å². The number of aromatic nitrogens is 1. The molecule has 0 saturated carbocycles. The van der Waals surface area contributed by atoms with Gasteiger partial charge in [-0.3, -0.25) is 4.99 Å². The summed E-state index contributed by atoms with van der Waals surface area (Å²) in [6, 6.07) is 5.11. The van der Waals surface area contributed by atoms with E-state index in [0.717, 1.165) is 41.2 Å². The third-order valence-electron chi connectivity index (χ3n) is 3.87. The van der Waals surface area contributed by atoms with Gasteiger partial charge in [0.25, 0.3) is 0 Å². The number of benzene rings is 1. The normalized spacial score (nSPS) is 11.9. The van der Waals surface area contributed by atoms with Gasteiger partial charge in [0.2, 0.25) is 0 Å². The van der Waals surface area contributed by atoms with Crippen LogP contribution in [0.3, 0.4) is 0 Å². The third kappa shape index (κ3) is 7.28. The molecule has 4 nitrogen and oxygen atoms in total. The average molecular weight is 512 g/mol. The molecule has 2 N–H and O–H groups in total. The predicted octanol–water partition coefficient (Wildman–Crippen LogP) is 4.56. The molecule has 0 aliphatic rings. The fourth-order valence-electron chi connectivity index (χ4n) is 2.43. The first-order valence-corrected chi connectivity index (χ1v) is 9.21. The second-order valence-corrected chi connectivity index (χ2v) is 7.05. The number of rotatable bonds is 6. The number of nitrogens with zero attached hydrogens (tertiary/aromatic N) is 2. The number of hydrogen-bond acceptors (Lipinski definition) is 3. The van der Waals surface area contributed by atoms with Crippen molar-refractivity contribution in [2.75, 3.05) is 13.6 Å². The van der Waals surface area contributed by atoms with Crippen molar-refractivity contribution in [1.82, 2.24) is 15.6 Å². The number of aliphatic imine (C=N–C) groups is 1. The van der Waals surface area contributed by atoms with Gasteiger partial charge in [-0.15, -0.1) is 35.3 Å². The van der Waals surface area contributed by atoms with Crippen molar-refractivity contribution in [3.8, 4) is 0 Å². The summed E-state index contributed by atoms with van der Waals surface area (Å²) in [6.07, 6.45) is -2.58.